The maximum absolute atomic E-state index is 13.3. The summed E-state index contributed by atoms with van der Waals surface area (Å²) in [6.07, 6.45) is 4.83. The molecule has 2 N–H and O–H groups in total. The van der Waals surface area contributed by atoms with Gasteiger partial charge in [-0.2, -0.15) is 0 Å². The van der Waals surface area contributed by atoms with E-state index in [1.807, 2.05) is 41.1 Å². The van der Waals surface area contributed by atoms with Crippen molar-refractivity contribution >= 4 is 11.6 Å². The summed E-state index contributed by atoms with van der Waals surface area (Å²) in [6.45, 7) is 3.09. The van der Waals surface area contributed by atoms with Crippen LogP contribution in [-0.4, -0.2) is 28.9 Å². The van der Waals surface area contributed by atoms with E-state index in [-0.39, 0.29) is 5.82 Å². The number of aliphatic imine (C=N–C) groups is 1. The number of hydrogen-bond donors (Lipinski definition) is 2. The predicted octanol–water partition coefficient (Wildman–Crippen LogP) is 2.69. The average molecular weight is 339 g/mol. The zero-order chi connectivity index (χ0) is 17.6. The van der Waals surface area contributed by atoms with E-state index < -0.39 is 0 Å². The monoisotopic (exact) mass is 339 g/mol. The van der Waals surface area contributed by atoms with Crippen molar-refractivity contribution in [1.82, 2.24) is 20.0 Å². The Hall–Kier alpha value is -2.89. The van der Waals surface area contributed by atoms with Gasteiger partial charge in [0.05, 0.1) is 5.69 Å². The second-order valence-electron chi connectivity index (χ2n) is 5.88. The van der Waals surface area contributed by atoms with Crippen molar-refractivity contribution in [3.8, 4) is 0 Å². The summed E-state index contributed by atoms with van der Waals surface area (Å²) in [6, 6.07) is 11.1. The molecule has 5 nitrogen and oxygen atoms in total. The zero-order valence-electron chi connectivity index (χ0n) is 14.5. The number of aryl methyl sites for hydroxylation is 1. The van der Waals surface area contributed by atoms with Gasteiger partial charge in [0.2, 0.25) is 0 Å². The number of pyridine rings is 1. The molecule has 0 unspecified atom stereocenters. The standard InChI is InChI=1S/C19H22FN5/c1-14-11-15(6-7-17(14)20)12-23-19(21-2)22-9-8-16-13-25-10-4-3-5-18(25)24-16/h3-7,10-11,13H,8-9,12H2,1-2H3,(H2,21,22,23). The maximum atomic E-state index is 13.3. The van der Waals surface area contributed by atoms with Crippen LogP contribution in [0.2, 0.25) is 0 Å². The molecule has 0 aliphatic rings. The van der Waals surface area contributed by atoms with E-state index in [9.17, 15) is 4.39 Å². The lowest BCUT2D eigenvalue weighted by Crippen LogP contribution is -2.37. The van der Waals surface area contributed by atoms with Crippen molar-refractivity contribution in [2.75, 3.05) is 13.6 Å². The molecule has 0 aliphatic carbocycles. The van der Waals surface area contributed by atoms with Gasteiger partial charge in [-0.25, -0.2) is 9.37 Å². The molecule has 1 aromatic carbocycles. The van der Waals surface area contributed by atoms with Gasteiger partial charge in [0.25, 0.3) is 0 Å². The van der Waals surface area contributed by atoms with E-state index in [2.05, 4.69) is 20.6 Å². The first-order valence-corrected chi connectivity index (χ1v) is 8.28. The molecule has 2 aromatic heterocycles. The predicted molar refractivity (Wildman–Crippen MR) is 98.2 cm³/mol. The fourth-order valence-corrected chi connectivity index (χ4v) is 2.64. The molecule has 0 radical (unpaired) electrons. The average Bonchev–Trinajstić information content (AvgIpc) is 3.03. The number of halogens is 1. The lowest BCUT2D eigenvalue weighted by atomic mass is 10.1. The highest BCUT2D eigenvalue weighted by Crippen LogP contribution is 2.09. The van der Waals surface area contributed by atoms with E-state index in [0.29, 0.717) is 18.1 Å². The van der Waals surface area contributed by atoms with Crippen LogP contribution < -0.4 is 10.6 Å². The molecule has 0 saturated carbocycles. The Kier molecular flexibility index (Phi) is 5.28. The number of aromatic nitrogens is 2. The summed E-state index contributed by atoms with van der Waals surface area (Å²) in [5, 5.41) is 6.51. The Morgan fingerprint density at radius 3 is 2.88 bits per heavy atom. The molecule has 25 heavy (non-hydrogen) atoms. The summed E-state index contributed by atoms with van der Waals surface area (Å²) in [5.74, 6) is 0.532. The molecule has 0 atom stereocenters. The summed E-state index contributed by atoms with van der Waals surface area (Å²) in [4.78, 5) is 8.79. The highest BCUT2D eigenvalue weighted by atomic mass is 19.1. The highest BCUT2D eigenvalue weighted by Gasteiger charge is 2.03. The van der Waals surface area contributed by atoms with Gasteiger partial charge in [-0.15, -0.1) is 0 Å². The number of benzene rings is 1. The lowest BCUT2D eigenvalue weighted by Gasteiger charge is -2.12. The number of imidazole rings is 1. The first kappa shape index (κ1) is 17.0. The number of fused-ring (bicyclic) bond motifs is 1. The molecule has 130 valence electrons. The van der Waals surface area contributed by atoms with E-state index in [4.69, 9.17) is 0 Å². The minimum atomic E-state index is -0.182. The van der Waals surface area contributed by atoms with Crippen LogP contribution in [0, 0.1) is 12.7 Å². The Morgan fingerprint density at radius 2 is 2.12 bits per heavy atom. The maximum Gasteiger partial charge on any atom is 0.191 e. The third-order valence-electron chi connectivity index (χ3n) is 3.99. The summed E-state index contributed by atoms with van der Waals surface area (Å²) in [5.41, 5.74) is 3.64. The normalized spacial score (nSPS) is 11.7. The Bertz CT molecular complexity index is 851. The van der Waals surface area contributed by atoms with Gasteiger partial charge < -0.3 is 15.0 Å². The number of guanidine groups is 1. The van der Waals surface area contributed by atoms with Crippen molar-refractivity contribution in [3.05, 3.63) is 71.4 Å². The van der Waals surface area contributed by atoms with Gasteiger partial charge in [-0.05, 0) is 36.2 Å². The Labute approximate surface area is 146 Å². The topological polar surface area (TPSA) is 53.7 Å². The quantitative estimate of drug-likeness (QED) is 0.555. The summed E-state index contributed by atoms with van der Waals surface area (Å²) < 4.78 is 15.3. The molecule has 0 saturated heterocycles. The second-order valence-corrected chi connectivity index (χ2v) is 5.88. The van der Waals surface area contributed by atoms with Crippen molar-refractivity contribution in [3.63, 3.8) is 0 Å². The van der Waals surface area contributed by atoms with Gasteiger partial charge in [-0.3, -0.25) is 4.99 Å². The van der Waals surface area contributed by atoms with Crippen molar-refractivity contribution < 1.29 is 4.39 Å². The molecule has 0 spiro atoms. The lowest BCUT2D eigenvalue weighted by molar-refractivity contribution is 0.617. The van der Waals surface area contributed by atoms with Gasteiger partial charge in [0, 0.05) is 39.0 Å². The molecular weight excluding hydrogens is 317 g/mol. The molecule has 6 heteroatoms. The third-order valence-corrected chi connectivity index (χ3v) is 3.99. The van der Waals surface area contributed by atoms with E-state index in [1.165, 1.54) is 6.07 Å². The van der Waals surface area contributed by atoms with Gasteiger partial charge in [-0.1, -0.05) is 18.2 Å². The minimum absolute atomic E-state index is 0.182. The molecule has 2 heterocycles. The van der Waals surface area contributed by atoms with Gasteiger partial charge >= 0.3 is 0 Å². The van der Waals surface area contributed by atoms with E-state index >= 15 is 0 Å². The first-order valence-electron chi connectivity index (χ1n) is 8.28. The Balaban J connectivity index is 1.49. The molecule has 3 aromatic rings. The molecular formula is C19H22FN5. The van der Waals surface area contributed by atoms with Crippen LogP contribution in [0.25, 0.3) is 5.65 Å². The fraction of sp³-hybridized carbons (Fsp3) is 0.263. The molecule has 3 rings (SSSR count). The molecule has 0 bridgehead atoms. The third kappa shape index (κ3) is 4.35. The van der Waals surface area contributed by atoms with E-state index in [1.54, 1.807) is 20.0 Å². The summed E-state index contributed by atoms with van der Waals surface area (Å²) >= 11 is 0. The molecule has 0 fully saturated rings. The smallest absolute Gasteiger partial charge is 0.191 e. The molecule has 0 amide bonds. The van der Waals surface area contributed by atoms with E-state index in [0.717, 1.165) is 29.9 Å². The van der Waals surface area contributed by atoms with Crippen molar-refractivity contribution in [2.24, 2.45) is 4.99 Å². The van der Waals surface area contributed by atoms with Gasteiger partial charge in [0.15, 0.2) is 5.96 Å². The van der Waals surface area contributed by atoms with Crippen LogP contribution >= 0.6 is 0 Å². The SMILES string of the molecule is CN=C(NCCc1cn2ccccc2n1)NCc1ccc(F)c(C)c1. The summed E-state index contributed by atoms with van der Waals surface area (Å²) in [7, 11) is 1.73. The first-order chi connectivity index (χ1) is 12.2. The zero-order valence-corrected chi connectivity index (χ0v) is 14.5. The van der Waals surface area contributed by atoms with Crippen LogP contribution in [0.5, 0.6) is 0 Å². The van der Waals surface area contributed by atoms with Crippen molar-refractivity contribution in [2.45, 2.75) is 19.9 Å². The van der Waals surface area contributed by atoms with Crippen LogP contribution in [0.4, 0.5) is 4.39 Å². The van der Waals surface area contributed by atoms with Crippen LogP contribution in [-0.2, 0) is 13.0 Å². The fourth-order valence-electron chi connectivity index (χ4n) is 2.64. The Morgan fingerprint density at radius 1 is 1.24 bits per heavy atom. The highest BCUT2D eigenvalue weighted by molar-refractivity contribution is 5.79. The largest absolute Gasteiger partial charge is 0.356 e. The molecule has 0 aliphatic heterocycles. The van der Waals surface area contributed by atoms with Crippen molar-refractivity contribution in [1.29, 1.82) is 0 Å². The minimum Gasteiger partial charge on any atom is -0.356 e. The number of nitrogens with one attached hydrogen (secondary N) is 2. The van der Waals surface area contributed by atoms with Gasteiger partial charge in [0.1, 0.15) is 11.5 Å². The van der Waals surface area contributed by atoms with Crippen LogP contribution in [0.3, 0.4) is 0 Å². The number of nitrogens with zero attached hydrogens (tertiary/aromatic N) is 3. The number of hydrogen-bond acceptors (Lipinski definition) is 2. The number of rotatable bonds is 5. The van der Waals surface area contributed by atoms with Crippen LogP contribution in [0.15, 0.2) is 53.8 Å². The second kappa shape index (κ2) is 7.79. The van der Waals surface area contributed by atoms with Crippen LogP contribution in [0.1, 0.15) is 16.8 Å².